The molecule has 0 bridgehead atoms. The predicted molar refractivity (Wildman–Crippen MR) is 105 cm³/mol. The van der Waals surface area contributed by atoms with Crippen LogP contribution in [0.25, 0.3) is 10.2 Å². The molecule has 0 saturated carbocycles. The van der Waals surface area contributed by atoms with Crippen molar-refractivity contribution < 1.29 is 9.53 Å². The number of hydrogen-bond donors (Lipinski definition) is 0. The van der Waals surface area contributed by atoms with Crippen LogP contribution < -0.4 is 4.74 Å². The van der Waals surface area contributed by atoms with Crippen molar-refractivity contribution in [2.24, 2.45) is 0 Å². The van der Waals surface area contributed by atoms with Crippen molar-refractivity contribution in [1.29, 1.82) is 0 Å². The highest BCUT2D eigenvalue weighted by molar-refractivity contribution is 7.18. The first-order chi connectivity index (χ1) is 12.6. The van der Waals surface area contributed by atoms with Gasteiger partial charge in [-0.3, -0.25) is 4.79 Å². The first-order valence-electron chi connectivity index (χ1n) is 8.97. The van der Waals surface area contributed by atoms with Crippen molar-refractivity contribution in [3.63, 3.8) is 0 Å². The summed E-state index contributed by atoms with van der Waals surface area (Å²) < 4.78 is 7.00. The maximum absolute atomic E-state index is 12.8. The van der Waals surface area contributed by atoms with Gasteiger partial charge in [0.2, 0.25) is 0 Å². The first-order valence-corrected chi connectivity index (χ1v) is 9.78. The van der Waals surface area contributed by atoms with Gasteiger partial charge in [-0.15, -0.1) is 11.3 Å². The second kappa shape index (κ2) is 7.08. The van der Waals surface area contributed by atoms with E-state index in [1.54, 1.807) is 11.3 Å². The molecule has 2 aromatic carbocycles. The summed E-state index contributed by atoms with van der Waals surface area (Å²) in [5, 5.41) is 1.03. The molecule has 1 aliphatic rings. The summed E-state index contributed by atoms with van der Waals surface area (Å²) in [6, 6.07) is 14.3. The fourth-order valence-electron chi connectivity index (χ4n) is 3.44. The SMILES string of the molecule is Cc1ccc(C)c(OCC(=O)N2CCCC2c2nc3ccccc3s2)c1. The number of aryl methyl sites for hydroxylation is 2. The Labute approximate surface area is 157 Å². The number of aromatic nitrogens is 1. The van der Waals surface area contributed by atoms with Crippen molar-refractivity contribution in [1.82, 2.24) is 9.88 Å². The second-order valence-corrected chi connectivity index (χ2v) is 7.88. The van der Waals surface area contributed by atoms with E-state index in [-0.39, 0.29) is 18.6 Å². The van der Waals surface area contributed by atoms with Gasteiger partial charge in [0.25, 0.3) is 5.91 Å². The highest BCUT2D eigenvalue weighted by atomic mass is 32.1. The van der Waals surface area contributed by atoms with Crippen LogP contribution >= 0.6 is 11.3 Å². The Morgan fingerprint density at radius 3 is 2.96 bits per heavy atom. The van der Waals surface area contributed by atoms with Crippen molar-refractivity contribution in [3.8, 4) is 5.75 Å². The average molecular weight is 366 g/mol. The second-order valence-electron chi connectivity index (χ2n) is 6.82. The maximum atomic E-state index is 12.8. The summed E-state index contributed by atoms with van der Waals surface area (Å²) in [6.07, 6.45) is 1.98. The monoisotopic (exact) mass is 366 g/mol. The number of carbonyl (C=O) groups is 1. The molecule has 5 heteroatoms. The Hall–Kier alpha value is -2.40. The molecule has 1 unspecified atom stereocenters. The number of carbonyl (C=O) groups excluding carboxylic acids is 1. The summed E-state index contributed by atoms with van der Waals surface area (Å²) >= 11 is 1.69. The number of thiazole rings is 1. The van der Waals surface area contributed by atoms with Crippen LogP contribution in [0.5, 0.6) is 5.75 Å². The van der Waals surface area contributed by atoms with E-state index in [1.807, 2.05) is 55.1 Å². The van der Waals surface area contributed by atoms with Crippen LogP contribution in [-0.4, -0.2) is 28.9 Å². The van der Waals surface area contributed by atoms with Crippen molar-refractivity contribution in [3.05, 3.63) is 58.6 Å². The van der Waals surface area contributed by atoms with E-state index in [9.17, 15) is 4.79 Å². The van der Waals surface area contributed by atoms with Gasteiger partial charge >= 0.3 is 0 Å². The van der Waals surface area contributed by atoms with Gasteiger partial charge in [0.05, 0.1) is 16.3 Å². The molecule has 4 nitrogen and oxygen atoms in total. The van der Waals surface area contributed by atoms with E-state index in [0.717, 1.165) is 46.8 Å². The van der Waals surface area contributed by atoms with Crippen LogP contribution in [0.4, 0.5) is 0 Å². The van der Waals surface area contributed by atoms with E-state index >= 15 is 0 Å². The maximum Gasteiger partial charge on any atom is 0.261 e. The molecule has 1 aliphatic heterocycles. The van der Waals surface area contributed by atoms with Crippen LogP contribution in [0, 0.1) is 13.8 Å². The zero-order chi connectivity index (χ0) is 18.1. The Balaban J connectivity index is 1.49. The van der Waals surface area contributed by atoms with Gasteiger partial charge in [-0.1, -0.05) is 24.3 Å². The van der Waals surface area contributed by atoms with E-state index in [2.05, 4.69) is 6.07 Å². The zero-order valence-electron chi connectivity index (χ0n) is 15.1. The topological polar surface area (TPSA) is 42.4 Å². The number of hydrogen-bond acceptors (Lipinski definition) is 4. The average Bonchev–Trinajstić information content (AvgIpc) is 3.28. The molecular formula is C21H22N2O2S. The molecule has 1 amide bonds. The number of amides is 1. The normalized spacial score (nSPS) is 17.0. The van der Waals surface area contributed by atoms with Gasteiger partial charge in [0.15, 0.2) is 6.61 Å². The van der Waals surface area contributed by atoms with Gasteiger partial charge < -0.3 is 9.64 Å². The van der Waals surface area contributed by atoms with Crippen molar-refractivity contribution in [2.75, 3.05) is 13.2 Å². The quantitative estimate of drug-likeness (QED) is 0.675. The molecule has 0 N–H and O–H groups in total. The minimum absolute atomic E-state index is 0.0349. The predicted octanol–water partition coefficient (Wildman–Crippen LogP) is 4.66. The molecule has 26 heavy (non-hydrogen) atoms. The molecule has 1 aromatic heterocycles. The van der Waals surface area contributed by atoms with E-state index in [4.69, 9.17) is 9.72 Å². The molecule has 134 valence electrons. The molecule has 0 spiro atoms. The van der Waals surface area contributed by atoms with Crippen LogP contribution in [0.15, 0.2) is 42.5 Å². The van der Waals surface area contributed by atoms with Crippen molar-refractivity contribution >= 4 is 27.5 Å². The summed E-state index contributed by atoms with van der Waals surface area (Å²) in [5.41, 5.74) is 3.19. The molecule has 3 aromatic rings. The Morgan fingerprint density at radius 2 is 2.12 bits per heavy atom. The number of benzene rings is 2. The van der Waals surface area contributed by atoms with E-state index in [1.165, 1.54) is 4.70 Å². The molecule has 2 heterocycles. The molecule has 0 radical (unpaired) electrons. The Morgan fingerprint density at radius 1 is 1.27 bits per heavy atom. The molecule has 4 rings (SSSR count). The van der Waals surface area contributed by atoms with Gasteiger partial charge in [-0.2, -0.15) is 0 Å². The number of para-hydroxylation sites is 1. The van der Waals surface area contributed by atoms with Gasteiger partial charge in [0.1, 0.15) is 10.8 Å². The standard InChI is InChI=1S/C21H22N2O2S/c1-14-9-10-15(2)18(12-14)25-13-20(24)23-11-5-7-17(23)21-22-16-6-3-4-8-19(16)26-21/h3-4,6,8-10,12,17H,5,7,11,13H2,1-2H3. The summed E-state index contributed by atoms with van der Waals surface area (Å²) in [7, 11) is 0. The lowest BCUT2D eigenvalue weighted by molar-refractivity contribution is -0.134. The third-order valence-electron chi connectivity index (χ3n) is 4.86. The van der Waals surface area contributed by atoms with E-state index < -0.39 is 0 Å². The minimum Gasteiger partial charge on any atom is -0.483 e. The van der Waals surface area contributed by atoms with Crippen LogP contribution in [-0.2, 0) is 4.79 Å². The van der Waals surface area contributed by atoms with Gasteiger partial charge in [-0.25, -0.2) is 4.98 Å². The smallest absolute Gasteiger partial charge is 0.261 e. The number of likely N-dealkylation sites (tertiary alicyclic amines) is 1. The van der Waals surface area contributed by atoms with Crippen LogP contribution in [0.3, 0.4) is 0 Å². The summed E-state index contributed by atoms with van der Waals surface area (Å²) in [6.45, 7) is 4.87. The fourth-order valence-corrected chi connectivity index (χ4v) is 4.56. The minimum atomic E-state index is 0.0349. The Bertz CT molecular complexity index is 917. The zero-order valence-corrected chi connectivity index (χ0v) is 15.9. The third-order valence-corrected chi connectivity index (χ3v) is 6.00. The number of ether oxygens (including phenoxy) is 1. The lowest BCUT2D eigenvalue weighted by Gasteiger charge is -2.23. The van der Waals surface area contributed by atoms with Gasteiger partial charge in [0, 0.05) is 6.54 Å². The summed E-state index contributed by atoms with van der Waals surface area (Å²) in [5.74, 6) is 0.821. The summed E-state index contributed by atoms with van der Waals surface area (Å²) in [4.78, 5) is 19.5. The molecule has 1 fully saturated rings. The van der Waals surface area contributed by atoms with Crippen LogP contribution in [0.2, 0.25) is 0 Å². The van der Waals surface area contributed by atoms with E-state index in [0.29, 0.717) is 0 Å². The lowest BCUT2D eigenvalue weighted by Crippen LogP contribution is -2.34. The molecule has 0 aliphatic carbocycles. The highest BCUT2D eigenvalue weighted by Crippen LogP contribution is 2.36. The third kappa shape index (κ3) is 3.31. The van der Waals surface area contributed by atoms with Crippen LogP contribution in [0.1, 0.15) is 35.0 Å². The highest BCUT2D eigenvalue weighted by Gasteiger charge is 2.32. The molecule has 1 atom stereocenters. The van der Waals surface area contributed by atoms with Crippen molar-refractivity contribution in [2.45, 2.75) is 32.7 Å². The fraction of sp³-hybridized carbons (Fsp3) is 0.333. The number of fused-ring (bicyclic) bond motifs is 1. The first kappa shape index (κ1) is 17.0. The lowest BCUT2D eigenvalue weighted by atomic mass is 10.1. The van der Waals surface area contributed by atoms with Gasteiger partial charge in [-0.05, 0) is 56.0 Å². The number of rotatable bonds is 4. The number of nitrogens with zero attached hydrogens (tertiary/aromatic N) is 2. The molecule has 1 saturated heterocycles. The Kier molecular flexibility index (Phi) is 4.64. The largest absolute Gasteiger partial charge is 0.483 e. The molecular weight excluding hydrogens is 344 g/mol.